The van der Waals surface area contributed by atoms with Crippen LogP contribution in [0.1, 0.15) is 45.4 Å². The third-order valence-corrected chi connectivity index (χ3v) is 6.47. The zero-order valence-electron chi connectivity index (χ0n) is 18.0. The Balaban J connectivity index is 1.62. The van der Waals surface area contributed by atoms with Crippen LogP contribution < -0.4 is 11.2 Å². The van der Waals surface area contributed by atoms with Gasteiger partial charge in [-0.1, -0.05) is 6.92 Å². The fourth-order valence-corrected chi connectivity index (χ4v) is 4.68. The standard InChI is InChI=1S/C18H24F3N2O9P/c1-9(2)30-16(25)10(3)4-5-28-33(27)29-8-13-12(32-33)6-14(31-13)23-7-11(18(19,20)21)15(24)22-17(23)26/h7,9-10,12-14H,4-6,8H2,1-3H3,(H,22,24,26)/t10?,12-,13+,14+,33?/m0/s1. The van der Waals surface area contributed by atoms with Gasteiger partial charge in [0.2, 0.25) is 0 Å². The van der Waals surface area contributed by atoms with Crippen molar-refractivity contribution >= 4 is 13.8 Å². The van der Waals surface area contributed by atoms with Crippen LogP contribution in [0.25, 0.3) is 0 Å². The lowest BCUT2D eigenvalue weighted by molar-refractivity contribution is -0.152. The largest absolute Gasteiger partial charge is 0.475 e. The summed E-state index contributed by atoms with van der Waals surface area (Å²) in [7, 11) is -4.03. The Morgan fingerprint density at radius 2 is 2.00 bits per heavy atom. The highest BCUT2D eigenvalue weighted by molar-refractivity contribution is 7.48. The summed E-state index contributed by atoms with van der Waals surface area (Å²) in [5.41, 5.74) is -4.22. The van der Waals surface area contributed by atoms with Crippen molar-refractivity contribution in [1.29, 1.82) is 0 Å². The maximum Gasteiger partial charge on any atom is 0.475 e. The third-order valence-electron chi connectivity index (χ3n) is 4.98. The molecule has 2 aliphatic rings. The van der Waals surface area contributed by atoms with Crippen LogP contribution in [0.2, 0.25) is 0 Å². The van der Waals surface area contributed by atoms with Gasteiger partial charge in [-0.2, -0.15) is 13.2 Å². The van der Waals surface area contributed by atoms with Crippen molar-refractivity contribution in [1.82, 2.24) is 9.55 Å². The van der Waals surface area contributed by atoms with Gasteiger partial charge in [0, 0.05) is 12.6 Å². The summed E-state index contributed by atoms with van der Waals surface area (Å²) in [6.07, 6.45) is -7.77. The van der Waals surface area contributed by atoms with E-state index in [4.69, 9.17) is 23.0 Å². The molecule has 1 aromatic heterocycles. The van der Waals surface area contributed by atoms with Gasteiger partial charge in [-0.05, 0) is 20.3 Å². The number of nitrogens with zero attached hydrogens (tertiary/aromatic N) is 1. The number of carbonyl (C=O) groups is 1. The fourth-order valence-electron chi connectivity index (χ4n) is 3.27. The van der Waals surface area contributed by atoms with Crippen molar-refractivity contribution < 1.29 is 45.6 Å². The van der Waals surface area contributed by atoms with E-state index < -0.39 is 61.1 Å². The number of esters is 1. The number of nitrogens with one attached hydrogen (secondary N) is 1. The van der Waals surface area contributed by atoms with Crippen LogP contribution in [0.15, 0.2) is 15.8 Å². The first-order valence-corrected chi connectivity index (χ1v) is 11.6. The number of alkyl halides is 3. The predicted molar refractivity (Wildman–Crippen MR) is 104 cm³/mol. The summed E-state index contributed by atoms with van der Waals surface area (Å²) in [4.78, 5) is 36.9. The molecule has 1 aromatic rings. The number of hydrogen-bond donors (Lipinski definition) is 1. The Kier molecular flexibility index (Phi) is 7.54. The Hall–Kier alpha value is -1.99. The van der Waals surface area contributed by atoms with Crippen LogP contribution in [0, 0.1) is 5.92 Å². The van der Waals surface area contributed by atoms with E-state index in [1.165, 1.54) is 0 Å². The first kappa shape index (κ1) is 25.6. The molecule has 2 saturated heterocycles. The molecule has 5 atom stereocenters. The highest BCUT2D eigenvalue weighted by Crippen LogP contribution is 2.56. The normalized spacial score (nSPS) is 28.5. The van der Waals surface area contributed by atoms with Crippen LogP contribution in [-0.4, -0.2) is 47.0 Å². The molecule has 2 unspecified atom stereocenters. The average Bonchev–Trinajstić information content (AvgIpc) is 3.08. The minimum absolute atomic E-state index is 0.137. The van der Waals surface area contributed by atoms with E-state index in [-0.39, 0.29) is 32.2 Å². The van der Waals surface area contributed by atoms with Gasteiger partial charge in [-0.15, -0.1) is 0 Å². The van der Waals surface area contributed by atoms with Crippen LogP contribution in [0.5, 0.6) is 0 Å². The molecule has 11 nitrogen and oxygen atoms in total. The van der Waals surface area contributed by atoms with Crippen LogP contribution in [-0.2, 0) is 38.6 Å². The second-order valence-corrected chi connectivity index (χ2v) is 9.59. The van der Waals surface area contributed by atoms with E-state index in [9.17, 15) is 32.1 Å². The predicted octanol–water partition coefficient (Wildman–Crippen LogP) is 2.36. The Bertz CT molecular complexity index is 1040. The number of H-pyrrole nitrogens is 1. The van der Waals surface area contributed by atoms with E-state index in [1.54, 1.807) is 25.8 Å². The minimum atomic E-state index is -4.98. The number of carbonyl (C=O) groups excluding carboxylic acids is 1. The Morgan fingerprint density at radius 3 is 2.64 bits per heavy atom. The first-order chi connectivity index (χ1) is 15.3. The zero-order valence-corrected chi connectivity index (χ0v) is 18.9. The summed E-state index contributed by atoms with van der Waals surface area (Å²) in [6, 6.07) is 0. The van der Waals surface area contributed by atoms with Gasteiger partial charge in [-0.3, -0.25) is 32.7 Å². The molecule has 15 heteroatoms. The number of aromatic nitrogens is 2. The van der Waals surface area contributed by atoms with Crippen LogP contribution in [0.3, 0.4) is 0 Å². The zero-order chi connectivity index (χ0) is 24.6. The van der Waals surface area contributed by atoms with E-state index in [0.29, 0.717) is 10.8 Å². The van der Waals surface area contributed by atoms with Gasteiger partial charge in [0.1, 0.15) is 24.0 Å². The maximum absolute atomic E-state index is 13.0. The van der Waals surface area contributed by atoms with E-state index in [0.717, 1.165) is 0 Å². The molecule has 3 rings (SSSR count). The fraction of sp³-hybridized carbons (Fsp3) is 0.722. The third kappa shape index (κ3) is 6.12. The lowest BCUT2D eigenvalue weighted by atomic mass is 10.1. The summed E-state index contributed by atoms with van der Waals surface area (Å²) in [5.74, 6) is -0.959. The molecule has 2 aliphatic heterocycles. The SMILES string of the molecule is CC(C)OC(=O)C(C)CCOP1(=O)OC[C@H]2O[C@@H](n3cc(C(F)(F)F)c(=O)[nH]c3=O)C[C@@H]2O1. The molecule has 0 amide bonds. The number of phosphoric acid groups is 1. The van der Waals surface area contributed by atoms with Crippen molar-refractivity contribution in [3.8, 4) is 0 Å². The van der Waals surface area contributed by atoms with Crippen LogP contribution >= 0.6 is 7.82 Å². The van der Waals surface area contributed by atoms with Gasteiger partial charge in [0.15, 0.2) is 0 Å². The summed E-state index contributed by atoms with van der Waals surface area (Å²) >= 11 is 0. The molecular weight excluding hydrogens is 476 g/mol. The second kappa shape index (κ2) is 9.71. The second-order valence-electron chi connectivity index (χ2n) is 7.97. The van der Waals surface area contributed by atoms with E-state index in [2.05, 4.69) is 0 Å². The van der Waals surface area contributed by atoms with E-state index >= 15 is 0 Å². The molecule has 0 radical (unpaired) electrons. The molecular formula is C18H24F3N2O9P. The van der Waals surface area contributed by atoms with Crippen molar-refractivity contribution in [3.05, 3.63) is 32.6 Å². The summed E-state index contributed by atoms with van der Waals surface area (Å²) < 4.78 is 78.8. The molecule has 0 aromatic carbocycles. The minimum Gasteiger partial charge on any atom is -0.463 e. The van der Waals surface area contributed by atoms with Gasteiger partial charge in [0.05, 0.1) is 25.2 Å². The van der Waals surface area contributed by atoms with Gasteiger partial charge < -0.3 is 9.47 Å². The lowest BCUT2D eigenvalue weighted by Crippen LogP contribution is -2.36. The Morgan fingerprint density at radius 1 is 1.30 bits per heavy atom. The Labute approximate surface area is 185 Å². The van der Waals surface area contributed by atoms with Crippen molar-refractivity contribution in [2.45, 2.75) is 64.3 Å². The molecule has 3 heterocycles. The first-order valence-electron chi connectivity index (χ1n) is 10.1. The number of ether oxygens (including phenoxy) is 2. The topological polar surface area (TPSA) is 135 Å². The molecule has 0 spiro atoms. The number of hydrogen-bond acceptors (Lipinski definition) is 9. The highest BCUT2D eigenvalue weighted by Gasteiger charge is 2.48. The van der Waals surface area contributed by atoms with Gasteiger partial charge in [-0.25, -0.2) is 9.36 Å². The summed E-state index contributed by atoms with van der Waals surface area (Å²) in [6.45, 7) is 4.65. The molecule has 0 saturated carbocycles. The number of aromatic amines is 1. The molecule has 186 valence electrons. The van der Waals surface area contributed by atoms with E-state index in [1.807, 2.05) is 0 Å². The van der Waals surface area contributed by atoms with Crippen LogP contribution in [0.4, 0.5) is 13.2 Å². The molecule has 0 bridgehead atoms. The van der Waals surface area contributed by atoms with Crippen molar-refractivity contribution in [3.63, 3.8) is 0 Å². The molecule has 33 heavy (non-hydrogen) atoms. The number of phosphoric ester groups is 1. The average molecular weight is 500 g/mol. The maximum atomic E-state index is 13.0. The highest BCUT2D eigenvalue weighted by atomic mass is 31.2. The molecule has 0 aliphatic carbocycles. The summed E-state index contributed by atoms with van der Waals surface area (Å²) in [5, 5.41) is 0. The van der Waals surface area contributed by atoms with Crippen molar-refractivity contribution in [2.75, 3.05) is 13.2 Å². The number of halogens is 3. The van der Waals surface area contributed by atoms with Gasteiger partial charge >= 0.3 is 25.7 Å². The quantitative estimate of drug-likeness (QED) is 0.442. The molecule has 2 fully saturated rings. The smallest absolute Gasteiger partial charge is 0.463 e. The number of rotatable bonds is 7. The monoisotopic (exact) mass is 500 g/mol. The number of fused-ring (bicyclic) bond motifs is 1. The lowest BCUT2D eigenvalue weighted by Gasteiger charge is -2.30. The van der Waals surface area contributed by atoms with Gasteiger partial charge in [0.25, 0.3) is 5.56 Å². The molecule has 1 N–H and O–H groups in total. The van der Waals surface area contributed by atoms with Crippen molar-refractivity contribution in [2.24, 2.45) is 5.92 Å².